The molecule has 0 radical (unpaired) electrons. The van der Waals surface area contributed by atoms with Gasteiger partial charge < -0.3 is 4.98 Å². The molecule has 0 amide bonds. The zero-order valence-corrected chi connectivity index (χ0v) is 15.9. The van der Waals surface area contributed by atoms with Crippen LogP contribution in [0.3, 0.4) is 0 Å². The highest BCUT2D eigenvalue weighted by Gasteiger charge is 2.29. The number of nitrogens with zero attached hydrogens (tertiary/aromatic N) is 2. The van der Waals surface area contributed by atoms with E-state index in [0.29, 0.717) is 5.02 Å². The third-order valence-corrected chi connectivity index (χ3v) is 6.09. The first-order valence-electron chi connectivity index (χ1n) is 7.65. The van der Waals surface area contributed by atoms with Crippen molar-refractivity contribution in [1.82, 2.24) is 15.0 Å². The molecule has 0 fully saturated rings. The first-order valence-corrected chi connectivity index (χ1v) is 10.1. The van der Waals surface area contributed by atoms with Crippen LogP contribution < -0.4 is 5.69 Å². The molecule has 0 spiro atoms. The SMILES string of the molecule is CSc1[nH]c(=O)ncc1C1c2ccc(Cl)cc2C=Cc2sc(C)nc21. The second-order valence-corrected chi connectivity index (χ2v) is 8.19. The number of hydrogen-bond donors (Lipinski definition) is 1. The lowest BCUT2D eigenvalue weighted by Crippen LogP contribution is -2.16. The number of thiazole rings is 1. The zero-order valence-electron chi connectivity index (χ0n) is 13.5. The van der Waals surface area contributed by atoms with Gasteiger partial charge in [-0.2, -0.15) is 0 Å². The molecule has 2 heterocycles. The van der Waals surface area contributed by atoms with Crippen molar-refractivity contribution in [2.24, 2.45) is 0 Å². The van der Waals surface area contributed by atoms with Crippen LogP contribution in [-0.4, -0.2) is 21.2 Å². The number of hydrogen-bond acceptors (Lipinski definition) is 5. The smallest absolute Gasteiger partial charge is 0.300 e. The number of H-pyrrole nitrogens is 1. The fraction of sp³-hybridized carbons (Fsp3) is 0.167. The Balaban J connectivity index is 2.04. The van der Waals surface area contributed by atoms with Crippen LogP contribution in [0, 0.1) is 6.92 Å². The third-order valence-electron chi connectivity index (χ3n) is 4.15. The van der Waals surface area contributed by atoms with Gasteiger partial charge in [0, 0.05) is 16.8 Å². The van der Waals surface area contributed by atoms with E-state index in [1.807, 2.05) is 31.4 Å². The van der Waals surface area contributed by atoms with Crippen molar-refractivity contribution >= 4 is 46.9 Å². The monoisotopic (exact) mass is 387 g/mol. The molecule has 4 nitrogen and oxygen atoms in total. The topological polar surface area (TPSA) is 58.6 Å². The summed E-state index contributed by atoms with van der Waals surface area (Å²) in [5, 5.41) is 2.52. The van der Waals surface area contributed by atoms with E-state index in [1.165, 1.54) is 11.8 Å². The van der Waals surface area contributed by atoms with Crippen molar-refractivity contribution in [3.63, 3.8) is 0 Å². The predicted molar refractivity (Wildman–Crippen MR) is 105 cm³/mol. The van der Waals surface area contributed by atoms with Crippen LogP contribution in [0.1, 0.15) is 38.2 Å². The molecule has 3 aromatic rings. The lowest BCUT2D eigenvalue weighted by Gasteiger charge is -2.20. The van der Waals surface area contributed by atoms with Crippen molar-refractivity contribution in [2.75, 3.05) is 6.26 Å². The molecule has 1 aliphatic carbocycles. The fourth-order valence-electron chi connectivity index (χ4n) is 3.13. The minimum absolute atomic E-state index is 0.103. The van der Waals surface area contributed by atoms with Crippen LogP contribution in [0.15, 0.2) is 34.2 Å². The Kier molecular flexibility index (Phi) is 4.27. The lowest BCUT2D eigenvalue weighted by molar-refractivity contribution is 0.834. The average Bonchev–Trinajstić information content (AvgIpc) is 2.89. The number of benzene rings is 1. The van der Waals surface area contributed by atoms with Gasteiger partial charge in [-0.15, -0.1) is 23.1 Å². The highest BCUT2D eigenvalue weighted by Crippen LogP contribution is 2.42. The molecule has 1 atom stereocenters. The Hall–Kier alpha value is -1.89. The van der Waals surface area contributed by atoms with E-state index in [9.17, 15) is 4.79 Å². The average molecular weight is 388 g/mol. The minimum Gasteiger partial charge on any atom is -0.300 e. The highest BCUT2D eigenvalue weighted by molar-refractivity contribution is 7.98. The van der Waals surface area contributed by atoms with E-state index < -0.39 is 0 Å². The van der Waals surface area contributed by atoms with Gasteiger partial charge in [0.2, 0.25) is 0 Å². The molecule has 0 saturated heterocycles. The van der Waals surface area contributed by atoms with Crippen molar-refractivity contribution in [3.05, 3.63) is 72.2 Å². The van der Waals surface area contributed by atoms with Crippen LogP contribution in [0.5, 0.6) is 0 Å². The fourth-order valence-corrected chi connectivity index (χ4v) is 4.77. The van der Waals surface area contributed by atoms with E-state index in [0.717, 1.165) is 37.3 Å². The van der Waals surface area contributed by atoms with Crippen molar-refractivity contribution in [1.29, 1.82) is 0 Å². The number of aryl methyl sites for hydroxylation is 1. The quantitative estimate of drug-likeness (QED) is 0.404. The summed E-state index contributed by atoms with van der Waals surface area (Å²) in [6.45, 7) is 2.01. The maximum absolute atomic E-state index is 11.7. The Labute approximate surface area is 158 Å². The first kappa shape index (κ1) is 16.6. The number of halogens is 1. The number of nitrogens with one attached hydrogen (secondary N) is 1. The van der Waals surface area contributed by atoms with Crippen LogP contribution in [0.4, 0.5) is 0 Å². The van der Waals surface area contributed by atoms with Crippen molar-refractivity contribution in [2.45, 2.75) is 17.9 Å². The standard InChI is InChI=1S/C18H14ClN3OS2/c1-9-21-16-14(25-9)6-3-10-7-11(19)4-5-12(10)15(16)13-8-20-18(23)22-17(13)24-2/h3-8,15H,1-2H3,(H,20,22,23). The predicted octanol–water partition coefficient (Wildman–Crippen LogP) is 4.57. The van der Waals surface area contributed by atoms with Gasteiger partial charge in [-0.1, -0.05) is 23.7 Å². The second kappa shape index (κ2) is 6.44. The molecule has 2 aromatic heterocycles. The van der Waals surface area contributed by atoms with Gasteiger partial charge in [0.15, 0.2) is 0 Å². The van der Waals surface area contributed by atoms with Crippen molar-refractivity contribution < 1.29 is 0 Å². The Morgan fingerprint density at radius 1 is 1.28 bits per heavy atom. The molecule has 1 aromatic carbocycles. The second-order valence-electron chi connectivity index (χ2n) is 5.70. The number of fused-ring (bicyclic) bond motifs is 2. The zero-order chi connectivity index (χ0) is 17.6. The summed E-state index contributed by atoms with van der Waals surface area (Å²) in [6.07, 6.45) is 7.78. The molecule has 4 rings (SSSR count). The molecule has 0 saturated carbocycles. The maximum Gasteiger partial charge on any atom is 0.345 e. The van der Waals surface area contributed by atoms with E-state index in [2.05, 4.69) is 22.1 Å². The molecule has 1 aliphatic rings. The van der Waals surface area contributed by atoms with Gasteiger partial charge in [0.1, 0.15) is 0 Å². The van der Waals surface area contributed by atoms with Gasteiger partial charge in [-0.3, -0.25) is 0 Å². The van der Waals surface area contributed by atoms with Gasteiger partial charge in [-0.25, -0.2) is 14.8 Å². The summed E-state index contributed by atoms with van der Waals surface area (Å²) >= 11 is 9.37. The summed E-state index contributed by atoms with van der Waals surface area (Å²) < 4.78 is 0. The first-order chi connectivity index (χ1) is 12.1. The number of aromatic nitrogens is 3. The van der Waals surface area contributed by atoms with Crippen molar-refractivity contribution in [3.8, 4) is 0 Å². The van der Waals surface area contributed by atoms with Gasteiger partial charge in [-0.05, 0) is 42.5 Å². The van der Waals surface area contributed by atoms with E-state index in [1.54, 1.807) is 17.5 Å². The number of aromatic amines is 1. The minimum atomic E-state index is -0.342. The van der Waals surface area contributed by atoms with Gasteiger partial charge >= 0.3 is 5.69 Å². The van der Waals surface area contributed by atoms with E-state index >= 15 is 0 Å². The molecule has 0 bridgehead atoms. The highest BCUT2D eigenvalue weighted by atomic mass is 35.5. The molecule has 1 N–H and O–H groups in total. The van der Waals surface area contributed by atoms with Crippen LogP contribution in [-0.2, 0) is 0 Å². The summed E-state index contributed by atoms with van der Waals surface area (Å²) in [5.74, 6) is -0.103. The summed E-state index contributed by atoms with van der Waals surface area (Å²) in [4.78, 5) is 24.4. The number of thioether (sulfide) groups is 1. The van der Waals surface area contributed by atoms with Crippen LogP contribution in [0.25, 0.3) is 12.2 Å². The molecule has 0 aliphatic heterocycles. The molecule has 7 heteroatoms. The maximum atomic E-state index is 11.7. The lowest BCUT2D eigenvalue weighted by atomic mass is 9.88. The van der Waals surface area contributed by atoms with Crippen LogP contribution >= 0.6 is 34.7 Å². The summed E-state index contributed by atoms with van der Waals surface area (Å²) in [6, 6.07) is 5.89. The molecule has 126 valence electrons. The molecule has 1 unspecified atom stereocenters. The Morgan fingerprint density at radius 3 is 2.92 bits per heavy atom. The van der Waals surface area contributed by atoms with Gasteiger partial charge in [0.05, 0.1) is 26.5 Å². The molecular formula is C18H14ClN3OS2. The normalized spacial score (nSPS) is 15.6. The molecular weight excluding hydrogens is 374 g/mol. The number of rotatable bonds is 2. The third kappa shape index (κ3) is 2.94. The van der Waals surface area contributed by atoms with Gasteiger partial charge in [0.25, 0.3) is 0 Å². The summed E-state index contributed by atoms with van der Waals surface area (Å²) in [7, 11) is 0. The largest absolute Gasteiger partial charge is 0.345 e. The summed E-state index contributed by atoms with van der Waals surface area (Å²) in [5.41, 5.74) is 3.76. The Bertz CT molecular complexity index is 1050. The van der Waals surface area contributed by atoms with E-state index in [4.69, 9.17) is 16.6 Å². The van der Waals surface area contributed by atoms with E-state index in [-0.39, 0.29) is 11.6 Å². The van der Waals surface area contributed by atoms with Crippen LogP contribution in [0.2, 0.25) is 5.02 Å². The Morgan fingerprint density at radius 2 is 2.12 bits per heavy atom. The molecule has 25 heavy (non-hydrogen) atoms.